The minimum atomic E-state index is -6.09. The standard InChI is InChI=1S/CHF3O3S.ClHO4.2Li/c2-1(3,4)8(5,6)7;2-1(3,4)5;;/h(H,5,6,7);(H,2,3,4,5);;/q;;2*+1/p-2. The van der Waals surface area contributed by atoms with Gasteiger partial charge in [0.2, 0.25) is 0 Å². The Morgan fingerprint density at radius 1 is 0.933 bits per heavy atom. The minimum Gasteiger partial charge on any atom is -0.741 e. The van der Waals surface area contributed by atoms with E-state index in [0.29, 0.717) is 0 Å². The largest absolute Gasteiger partial charge is 1.00 e. The molecule has 15 heavy (non-hydrogen) atoms. The van der Waals surface area contributed by atoms with Crippen molar-refractivity contribution in [3.63, 3.8) is 0 Å². The molecular formula is CClF3Li2O7S. The van der Waals surface area contributed by atoms with Crippen LogP contribution in [0.4, 0.5) is 13.2 Å². The van der Waals surface area contributed by atoms with Gasteiger partial charge in [0.15, 0.2) is 10.1 Å². The third kappa shape index (κ3) is 25.4. The Morgan fingerprint density at radius 2 is 1.00 bits per heavy atom. The van der Waals surface area contributed by atoms with Crippen molar-refractivity contribution in [3.05, 3.63) is 0 Å². The summed E-state index contributed by atoms with van der Waals surface area (Å²) in [4.78, 5) is 0. The average molecular weight is 262 g/mol. The predicted octanol–water partition coefficient (Wildman–Crippen LogP) is -10.7. The van der Waals surface area contributed by atoms with Crippen molar-refractivity contribution < 1.29 is 92.7 Å². The van der Waals surface area contributed by atoms with Gasteiger partial charge in [-0.15, -0.1) is 10.2 Å². The zero-order valence-electron chi connectivity index (χ0n) is 7.28. The number of alkyl halides is 3. The maximum Gasteiger partial charge on any atom is 1.00 e. The molecule has 0 spiro atoms. The van der Waals surface area contributed by atoms with Gasteiger partial charge in [0.25, 0.3) is 0 Å². The van der Waals surface area contributed by atoms with E-state index in [1.165, 1.54) is 0 Å². The van der Waals surface area contributed by atoms with E-state index in [4.69, 9.17) is 31.6 Å². The third-order valence-corrected chi connectivity index (χ3v) is 0.850. The van der Waals surface area contributed by atoms with E-state index >= 15 is 0 Å². The van der Waals surface area contributed by atoms with Gasteiger partial charge in [-0.3, -0.25) is 0 Å². The molecule has 0 aromatic rings. The fourth-order valence-corrected chi connectivity index (χ4v) is 0. The van der Waals surface area contributed by atoms with Crippen molar-refractivity contribution in [2.45, 2.75) is 5.51 Å². The fraction of sp³-hybridized carbons (Fsp3) is 1.00. The molecule has 0 bridgehead atoms. The normalized spacial score (nSPS) is 11.5. The van der Waals surface area contributed by atoms with E-state index in [1.54, 1.807) is 0 Å². The Labute approximate surface area is 108 Å². The quantitative estimate of drug-likeness (QED) is 0.239. The molecule has 0 amide bonds. The van der Waals surface area contributed by atoms with Crippen LogP contribution in [0.1, 0.15) is 0 Å². The van der Waals surface area contributed by atoms with Gasteiger partial charge < -0.3 is 4.55 Å². The Bertz CT molecular complexity index is 238. The average Bonchev–Trinajstić information content (AvgIpc) is 1.50. The summed E-state index contributed by atoms with van der Waals surface area (Å²) in [7, 11) is -11.0. The molecule has 82 valence electrons. The van der Waals surface area contributed by atoms with Crippen LogP contribution in [0, 0.1) is 10.2 Å². The maximum atomic E-state index is 10.7. The summed E-state index contributed by atoms with van der Waals surface area (Å²) < 4.78 is 92.9. The molecule has 0 saturated heterocycles. The summed E-state index contributed by atoms with van der Waals surface area (Å²) in [5.41, 5.74) is -5.65. The molecule has 0 aliphatic heterocycles. The molecule has 0 atom stereocenters. The first-order valence-electron chi connectivity index (χ1n) is 1.89. The number of halogens is 4. The van der Waals surface area contributed by atoms with Crippen LogP contribution in [0.15, 0.2) is 0 Å². The maximum absolute atomic E-state index is 10.7. The molecule has 0 fully saturated rings. The number of hydrogen-bond donors (Lipinski definition) is 0. The molecule has 0 aromatic carbocycles. The van der Waals surface area contributed by atoms with Crippen LogP contribution in [0.25, 0.3) is 0 Å². The summed E-state index contributed by atoms with van der Waals surface area (Å²) >= 11 is 0. The van der Waals surface area contributed by atoms with E-state index in [1.807, 2.05) is 0 Å². The fourth-order valence-electron chi connectivity index (χ4n) is 0. The first-order valence-corrected chi connectivity index (χ1v) is 4.53. The molecule has 14 heteroatoms. The van der Waals surface area contributed by atoms with Crippen LogP contribution in [0.5, 0.6) is 0 Å². The molecule has 0 aliphatic rings. The summed E-state index contributed by atoms with van der Waals surface area (Å²) in [6.45, 7) is 0. The number of rotatable bonds is 0. The van der Waals surface area contributed by atoms with E-state index in [9.17, 15) is 13.2 Å². The molecule has 0 N–H and O–H groups in total. The van der Waals surface area contributed by atoms with Gasteiger partial charge in [-0.1, -0.05) is 0 Å². The van der Waals surface area contributed by atoms with E-state index in [2.05, 4.69) is 0 Å². The molecule has 7 nitrogen and oxygen atoms in total. The van der Waals surface area contributed by atoms with Crippen molar-refractivity contribution in [1.29, 1.82) is 0 Å². The molecule has 0 heterocycles. The van der Waals surface area contributed by atoms with Crippen LogP contribution in [-0.2, 0) is 10.1 Å². The molecule has 0 aliphatic carbocycles. The Hall–Kier alpha value is 1.02. The molecule has 0 saturated carbocycles. The zero-order valence-corrected chi connectivity index (χ0v) is 8.85. The van der Waals surface area contributed by atoms with Gasteiger partial charge in [0.1, 0.15) is 0 Å². The second-order valence-corrected chi connectivity index (χ2v) is 3.40. The molecule has 0 aromatic heterocycles. The first-order chi connectivity index (χ1) is 5.25. The first kappa shape index (κ1) is 25.0. The van der Waals surface area contributed by atoms with E-state index < -0.39 is 25.9 Å². The summed E-state index contributed by atoms with van der Waals surface area (Å²) in [5, 5.41) is 0. The summed E-state index contributed by atoms with van der Waals surface area (Å²) in [5.74, 6) is 0. The van der Waals surface area contributed by atoms with Crippen molar-refractivity contribution in [2.24, 2.45) is 0 Å². The van der Waals surface area contributed by atoms with E-state index in [0.717, 1.165) is 0 Å². The Morgan fingerprint density at radius 3 is 1.00 bits per heavy atom. The smallest absolute Gasteiger partial charge is 0.741 e. The molecule has 0 unspecified atom stereocenters. The van der Waals surface area contributed by atoms with Gasteiger partial charge in [-0.25, -0.2) is 27.1 Å². The summed E-state index contributed by atoms with van der Waals surface area (Å²) in [6, 6.07) is 0. The second-order valence-electron chi connectivity index (χ2n) is 1.28. The van der Waals surface area contributed by atoms with Gasteiger partial charge in [0, 0.05) is 0 Å². The minimum absolute atomic E-state index is 0. The van der Waals surface area contributed by atoms with Crippen LogP contribution >= 0.6 is 0 Å². The van der Waals surface area contributed by atoms with Crippen molar-refractivity contribution in [2.75, 3.05) is 0 Å². The third-order valence-electron chi connectivity index (χ3n) is 0.283. The van der Waals surface area contributed by atoms with Gasteiger partial charge in [0.05, 0.1) is 0 Å². The van der Waals surface area contributed by atoms with Crippen molar-refractivity contribution >= 4 is 10.1 Å². The molecular weight excluding hydrogens is 262 g/mol. The zero-order chi connectivity index (χ0) is 11.5. The predicted molar refractivity (Wildman–Crippen MR) is 15.8 cm³/mol. The van der Waals surface area contributed by atoms with Crippen molar-refractivity contribution in [3.8, 4) is 0 Å². The van der Waals surface area contributed by atoms with Gasteiger partial charge >= 0.3 is 43.2 Å². The summed E-state index contributed by atoms with van der Waals surface area (Å²) in [6.07, 6.45) is 0. The van der Waals surface area contributed by atoms with Crippen LogP contribution in [0.3, 0.4) is 0 Å². The van der Waals surface area contributed by atoms with Crippen molar-refractivity contribution in [1.82, 2.24) is 0 Å². The van der Waals surface area contributed by atoms with Crippen LogP contribution < -0.4 is 56.4 Å². The Kier molecular flexibility index (Phi) is 13.6. The second kappa shape index (κ2) is 8.17. The molecule has 0 radical (unpaired) electrons. The Balaban J connectivity index is -0.0000000770. The van der Waals surface area contributed by atoms with Crippen LogP contribution in [0.2, 0.25) is 0 Å². The molecule has 0 rings (SSSR count). The SMILES string of the molecule is O=S(=O)([O-])C(F)(F)F.[Li+].[Li+].[O-][Cl+3]([O-])([O-])[O-]. The van der Waals surface area contributed by atoms with Crippen LogP contribution in [-0.4, -0.2) is 18.5 Å². The monoisotopic (exact) mass is 262 g/mol. The van der Waals surface area contributed by atoms with E-state index in [-0.39, 0.29) is 37.7 Å². The topological polar surface area (TPSA) is 149 Å². The van der Waals surface area contributed by atoms with Gasteiger partial charge in [-0.2, -0.15) is 13.2 Å². The number of hydrogen-bond acceptors (Lipinski definition) is 7. The van der Waals surface area contributed by atoms with Gasteiger partial charge in [-0.05, 0) is 0 Å².